The molecule has 24 heavy (non-hydrogen) atoms. The molecule has 126 valence electrons. The van der Waals surface area contributed by atoms with Crippen molar-refractivity contribution in [1.82, 2.24) is 24.6 Å². The molecule has 0 atom stereocenters. The van der Waals surface area contributed by atoms with E-state index in [0.29, 0.717) is 11.6 Å². The summed E-state index contributed by atoms with van der Waals surface area (Å²) in [5.74, 6) is 1.32. The highest BCUT2D eigenvalue weighted by Gasteiger charge is 2.06. The van der Waals surface area contributed by atoms with Gasteiger partial charge in [-0.25, -0.2) is 9.97 Å². The van der Waals surface area contributed by atoms with E-state index in [1.165, 1.54) is 5.69 Å². The Bertz CT molecular complexity index is 761. The molecule has 0 aliphatic rings. The normalized spacial score (nSPS) is 11.3. The number of nitrogens with zero attached hydrogens (tertiary/aromatic N) is 5. The van der Waals surface area contributed by atoms with Gasteiger partial charge in [-0.2, -0.15) is 5.10 Å². The molecule has 0 aromatic carbocycles. The van der Waals surface area contributed by atoms with Gasteiger partial charge in [0.1, 0.15) is 0 Å². The van der Waals surface area contributed by atoms with Crippen molar-refractivity contribution in [2.45, 2.75) is 33.4 Å². The Kier molecular flexibility index (Phi) is 5.05. The van der Waals surface area contributed by atoms with E-state index >= 15 is 0 Å². The SMILES string of the molecule is Cc1cc(C)n(CCCN(C)Cc2cnc(-c3ccco3)nc2)n1. The van der Waals surface area contributed by atoms with Gasteiger partial charge in [0.15, 0.2) is 11.6 Å². The predicted molar refractivity (Wildman–Crippen MR) is 92.4 cm³/mol. The first kappa shape index (κ1) is 16.4. The van der Waals surface area contributed by atoms with E-state index in [1.54, 1.807) is 6.26 Å². The third-order valence-corrected chi connectivity index (χ3v) is 3.91. The summed E-state index contributed by atoms with van der Waals surface area (Å²) < 4.78 is 7.38. The lowest BCUT2D eigenvalue weighted by Gasteiger charge is -2.16. The Morgan fingerprint density at radius 1 is 1.21 bits per heavy atom. The minimum atomic E-state index is 0.621. The number of hydrogen-bond donors (Lipinski definition) is 0. The first-order valence-electron chi connectivity index (χ1n) is 8.16. The highest BCUT2D eigenvalue weighted by molar-refractivity contribution is 5.45. The number of aryl methyl sites for hydroxylation is 3. The van der Waals surface area contributed by atoms with Crippen molar-refractivity contribution in [2.75, 3.05) is 13.6 Å². The van der Waals surface area contributed by atoms with Crippen LogP contribution in [0.5, 0.6) is 0 Å². The molecule has 0 saturated heterocycles. The molecule has 3 heterocycles. The summed E-state index contributed by atoms with van der Waals surface area (Å²) in [5.41, 5.74) is 3.39. The predicted octanol–water partition coefficient (Wildman–Crippen LogP) is 3.07. The largest absolute Gasteiger partial charge is 0.461 e. The topological polar surface area (TPSA) is 60.0 Å². The van der Waals surface area contributed by atoms with E-state index in [1.807, 2.05) is 31.5 Å². The summed E-state index contributed by atoms with van der Waals surface area (Å²) in [6.45, 7) is 6.90. The lowest BCUT2D eigenvalue weighted by molar-refractivity contribution is 0.310. The van der Waals surface area contributed by atoms with Gasteiger partial charge in [0.05, 0.1) is 12.0 Å². The van der Waals surface area contributed by atoms with Gasteiger partial charge < -0.3 is 9.32 Å². The maximum absolute atomic E-state index is 5.30. The first-order chi connectivity index (χ1) is 11.6. The molecule has 6 nitrogen and oxygen atoms in total. The Morgan fingerprint density at radius 2 is 2.00 bits per heavy atom. The maximum Gasteiger partial charge on any atom is 0.195 e. The average molecular weight is 325 g/mol. The zero-order chi connectivity index (χ0) is 16.9. The molecule has 0 aliphatic carbocycles. The fourth-order valence-corrected chi connectivity index (χ4v) is 2.75. The summed E-state index contributed by atoms with van der Waals surface area (Å²) >= 11 is 0. The van der Waals surface area contributed by atoms with E-state index in [0.717, 1.165) is 37.3 Å². The van der Waals surface area contributed by atoms with E-state index in [9.17, 15) is 0 Å². The van der Waals surface area contributed by atoms with Gasteiger partial charge in [0.25, 0.3) is 0 Å². The molecule has 0 unspecified atom stereocenters. The van der Waals surface area contributed by atoms with Crippen molar-refractivity contribution in [3.8, 4) is 11.6 Å². The Balaban J connectivity index is 1.48. The summed E-state index contributed by atoms with van der Waals surface area (Å²) in [4.78, 5) is 11.0. The van der Waals surface area contributed by atoms with Crippen molar-refractivity contribution < 1.29 is 4.42 Å². The van der Waals surface area contributed by atoms with Crippen molar-refractivity contribution in [3.63, 3.8) is 0 Å². The van der Waals surface area contributed by atoms with Crippen LogP contribution < -0.4 is 0 Å². The van der Waals surface area contributed by atoms with Gasteiger partial charge in [-0.1, -0.05) is 0 Å². The molecule has 0 aliphatic heterocycles. The fraction of sp³-hybridized carbons (Fsp3) is 0.389. The van der Waals surface area contributed by atoms with Crippen LogP contribution in [0.3, 0.4) is 0 Å². The molecule has 0 bridgehead atoms. The lowest BCUT2D eigenvalue weighted by atomic mass is 10.3. The molecule has 0 N–H and O–H groups in total. The van der Waals surface area contributed by atoms with Crippen molar-refractivity contribution in [3.05, 3.63) is 53.8 Å². The monoisotopic (exact) mass is 325 g/mol. The quantitative estimate of drug-likeness (QED) is 0.668. The first-order valence-corrected chi connectivity index (χ1v) is 8.16. The Labute approximate surface area is 142 Å². The third kappa shape index (κ3) is 4.08. The van der Waals surface area contributed by atoms with E-state index in [-0.39, 0.29) is 0 Å². The second-order valence-corrected chi connectivity index (χ2v) is 6.13. The molecule has 0 amide bonds. The molecule has 0 fully saturated rings. The molecular formula is C18H23N5O. The van der Waals surface area contributed by atoms with Crippen LogP contribution in [0.1, 0.15) is 23.4 Å². The summed E-state index contributed by atoms with van der Waals surface area (Å²) in [7, 11) is 2.11. The van der Waals surface area contributed by atoms with Gasteiger partial charge in [0.2, 0.25) is 0 Å². The molecule has 3 aromatic heterocycles. The van der Waals surface area contributed by atoms with Crippen LogP contribution >= 0.6 is 0 Å². The smallest absolute Gasteiger partial charge is 0.195 e. The van der Waals surface area contributed by atoms with Gasteiger partial charge in [0, 0.05) is 36.7 Å². The van der Waals surface area contributed by atoms with Crippen LogP contribution in [0.2, 0.25) is 0 Å². The van der Waals surface area contributed by atoms with Crippen LogP contribution in [0.15, 0.2) is 41.3 Å². The fourth-order valence-electron chi connectivity index (χ4n) is 2.75. The zero-order valence-corrected chi connectivity index (χ0v) is 14.4. The highest BCUT2D eigenvalue weighted by atomic mass is 16.3. The van der Waals surface area contributed by atoms with Crippen molar-refractivity contribution >= 4 is 0 Å². The molecule has 3 aromatic rings. The van der Waals surface area contributed by atoms with Crippen molar-refractivity contribution in [2.24, 2.45) is 0 Å². The van der Waals surface area contributed by atoms with Crippen molar-refractivity contribution in [1.29, 1.82) is 0 Å². The maximum atomic E-state index is 5.30. The second kappa shape index (κ2) is 7.40. The van der Waals surface area contributed by atoms with Gasteiger partial charge in [-0.05, 0) is 52.1 Å². The van der Waals surface area contributed by atoms with Crippen LogP contribution in [0.25, 0.3) is 11.6 Å². The van der Waals surface area contributed by atoms with Gasteiger partial charge >= 0.3 is 0 Å². The molecule has 6 heteroatoms. The molecule has 0 saturated carbocycles. The van der Waals surface area contributed by atoms with Crippen LogP contribution in [-0.2, 0) is 13.1 Å². The molecular weight excluding hydrogens is 302 g/mol. The molecule has 3 rings (SSSR count). The highest BCUT2D eigenvalue weighted by Crippen LogP contribution is 2.14. The summed E-state index contributed by atoms with van der Waals surface area (Å²) in [6.07, 6.45) is 6.41. The second-order valence-electron chi connectivity index (χ2n) is 6.13. The van der Waals surface area contributed by atoms with Gasteiger partial charge in [-0.15, -0.1) is 0 Å². The standard InChI is InChI=1S/C18H23N5O/c1-14-10-15(2)23(21-14)8-5-7-22(3)13-16-11-19-18(20-12-16)17-6-4-9-24-17/h4,6,9-12H,5,7-8,13H2,1-3H3. The summed E-state index contributed by atoms with van der Waals surface area (Å²) in [6, 6.07) is 5.81. The number of hydrogen-bond acceptors (Lipinski definition) is 5. The Hall–Kier alpha value is -2.47. The van der Waals surface area contributed by atoms with Crippen LogP contribution in [0.4, 0.5) is 0 Å². The zero-order valence-electron chi connectivity index (χ0n) is 14.4. The minimum Gasteiger partial charge on any atom is -0.461 e. The van der Waals surface area contributed by atoms with E-state index in [4.69, 9.17) is 4.42 Å². The van der Waals surface area contributed by atoms with Gasteiger partial charge in [-0.3, -0.25) is 4.68 Å². The van der Waals surface area contributed by atoms with E-state index < -0.39 is 0 Å². The van der Waals surface area contributed by atoms with E-state index in [2.05, 4.69) is 44.7 Å². The number of aromatic nitrogens is 4. The number of furan rings is 1. The third-order valence-electron chi connectivity index (χ3n) is 3.91. The lowest BCUT2D eigenvalue weighted by Crippen LogP contribution is -2.21. The Morgan fingerprint density at radius 3 is 2.62 bits per heavy atom. The minimum absolute atomic E-state index is 0.621. The van der Waals surface area contributed by atoms with Crippen LogP contribution in [0, 0.1) is 13.8 Å². The summed E-state index contributed by atoms with van der Waals surface area (Å²) in [5, 5.41) is 4.49. The molecule has 0 spiro atoms. The number of rotatable bonds is 7. The average Bonchev–Trinajstić information content (AvgIpc) is 3.18. The molecule has 0 radical (unpaired) electrons. The van der Waals surface area contributed by atoms with Crippen LogP contribution in [-0.4, -0.2) is 38.2 Å².